The topological polar surface area (TPSA) is 38.3 Å². The van der Waals surface area contributed by atoms with E-state index in [1.807, 2.05) is 32.0 Å². The average Bonchev–Trinajstić information content (AvgIpc) is 2.26. The molecule has 0 unspecified atom stereocenters. The highest BCUT2D eigenvalue weighted by atomic mass is 16.5. The molecule has 1 aromatic rings. The van der Waals surface area contributed by atoms with Crippen molar-refractivity contribution in [2.45, 2.75) is 31.9 Å². The second-order valence-corrected chi connectivity index (χ2v) is 4.70. The van der Waals surface area contributed by atoms with Gasteiger partial charge in [-0.25, -0.2) is 0 Å². The molecular formula is C13H17NO2. The fourth-order valence-corrected chi connectivity index (χ4v) is 1.91. The fourth-order valence-electron chi connectivity index (χ4n) is 1.91. The summed E-state index contributed by atoms with van der Waals surface area (Å²) in [5.41, 5.74) is 0.912. The number of carbonyl (C=O) groups excluding carboxylic acids is 1. The Morgan fingerprint density at radius 1 is 1.38 bits per heavy atom. The zero-order chi connectivity index (χ0) is 11.6. The zero-order valence-corrected chi connectivity index (χ0v) is 9.69. The molecule has 1 aliphatic heterocycles. The first-order valence-electron chi connectivity index (χ1n) is 5.55. The van der Waals surface area contributed by atoms with Gasteiger partial charge in [0.2, 0.25) is 5.91 Å². The lowest BCUT2D eigenvalue weighted by molar-refractivity contribution is -0.146. The lowest BCUT2D eigenvalue weighted by Crippen LogP contribution is -2.58. The summed E-state index contributed by atoms with van der Waals surface area (Å²) in [5, 5.41) is 2.99. The molecule has 3 nitrogen and oxygen atoms in total. The van der Waals surface area contributed by atoms with Crippen molar-refractivity contribution >= 4 is 5.91 Å². The Labute approximate surface area is 95.8 Å². The van der Waals surface area contributed by atoms with E-state index in [9.17, 15) is 4.79 Å². The third-order valence-corrected chi connectivity index (χ3v) is 3.03. The van der Waals surface area contributed by atoms with Gasteiger partial charge >= 0.3 is 0 Å². The molecule has 2 rings (SSSR count). The summed E-state index contributed by atoms with van der Waals surface area (Å²) in [5.74, 6) is -0.0275. The molecule has 0 aromatic heterocycles. The van der Waals surface area contributed by atoms with Gasteiger partial charge in [0.05, 0.1) is 11.6 Å². The van der Waals surface area contributed by atoms with Crippen LogP contribution in [0.1, 0.15) is 19.4 Å². The van der Waals surface area contributed by atoms with E-state index >= 15 is 0 Å². The number of carbonyl (C=O) groups is 1. The highest BCUT2D eigenvalue weighted by Crippen LogP contribution is 2.21. The summed E-state index contributed by atoms with van der Waals surface area (Å²) < 4.78 is 5.55. The monoisotopic (exact) mass is 219 g/mol. The zero-order valence-electron chi connectivity index (χ0n) is 9.69. The maximum atomic E-state index is 11.3. The molecule has 0 radical (unpaired) electrons. The van der Waals surface area contributed by atoms with Crippen molar-refractivity contribution in [1.82, 2.24) is 5.32 Å². The summed E-state index contributed by atoms with van der Waals surface area (Å²) in [6.07, 6.45) is 0.805. The van der Waals surface area contributed by atoms with Crippen LogP contribution in [0, 0.1) is 0 Å². The predicted molar refractivity (Wildman–Crippen MR) is 62.1 cm³/mol. The molecule has 0 spiro atoms. The first kappa shape index (κ1) is 11.1. The molecule has 1 aliphatic rings. The Morgan fingerprint density at radius 3 is 2.75 bits per heavy atom. The van der Waals surface area contributed by atoms with Crippen molar-refractivity contribution in [2.24, 2.45) is 0 Å². The number of ether oxygens (including phenoxy) is 1. The molecular weight excluding hydrogens is 202 g/mol. The molecule has 1 saturated heterocycles. The van der Waals surface area contributed by atoms with E-state index in [0.29, 0.717) is 0 Å². The van der Waals surface area contributed by atoms with Gasteiger partial charge in [0.1, 0.15) is 6.61 Å². The molecule has 1 N–H and O–H groups in total. The van der Waals surface area contributed by atoms with E-state index in [-0.39, 0.29) is 24.2 Å². The van der Waals surface area contributed by atoms with Gasteiger partial charge in [0.15, 0.2) is 0 Å². The molecule has 0 saturated carbocycles. The third-order valence-electron chi connectivity index (χ3n) is 3.03. The van der Waals surface area contributed by atoms with Crippen molar-refractivity contribution in [1.29, 1.82) is 0 Å². The Hall–Kier alpha value is -1.35. The lowest BCUT2D eigenvalue weighted by Gasteiger charge is -2.39. The standard InChI is InChI=1S/C13H17NO2/c1-13(2)11(14-12(15)9-16-13)8-10-6-4-3-5-7-10/h3-7,11H,8-9H2,1-2H3,(H,14,15)/t11-/m1/s1. The quantitative estimate of drug-likeness (QED) is 0.819. The first-order chi connectivity index (χ1) is 7.58. The van der Waals surface area contributed by atoms with Crippen molar-refractivity contribution < 1.29 is 9.53 Å². The second-order valence-electron chi connectivity index (χ2n) is 4.70. The van der Waals surface area contributed by atoms with Crippen LogP contribution in [0.3, 0.4) is 0 Å². The first-order valence-corrected chi connectivity index (χ1v) is 5.55. The minimum absolute atomic E-state index is 0.0275. The summed E-state index contributed by atoms with van der Waals surface area (Å²) in [6, 6.07) is 10.2. The summed E-state index contributed by atoms with van der Waals surface area (Å²) in [7, 11) is 0. The number of hydrogen-bond acceptors (Lipinski definition) is 2. The number of amides is 1. The van der Waals surface area contributed by atoms with Gasteiger partial charge in [-0.2, -0.15) is 0 Å². The smallest absolute Gasteiger partial charge is 0.246 e. The van der Waals surface area contributed by atoms with Crippen LogP contribution >= 0.6 is 0 Å². The predicted octanol–water partition coefficient (Wildman–Crippen LogP) is 1.52. The van der Waals surface area contributed by atoms with Crippen molar-refractivity contribution in [2.75, 3.05) is 6.61 Å². The fraction of sp³-hybridized carbons (Fsp3) is 0.462. The third kappa shape index (κ3) is 2.42. The molecule has 86 valence electrons. The van der Waals surface area contributed by atoms with Crippen LogP contribution in [0.4, 0.5) is 0 Å². The van der Waals surface area contributed by atoms with Crippen LogP contribution in [0.15, 0.2) is 30.3 Å². The van der Waals surface area contributed by atoms with Crippen LogP contribution < -0.4 is 5.32 Å². The van der Waals surface area contributed by atoms with Crippen molar-refractivity contribution in [3.8, 4) is 0 Å². The Balaban J connectivity index is 2.10. The summed E-state index contributed by atoms with van der Waals surface area (Å²) in [6.45, 7) is 4.19. The molecule has 1 aromatic carbocycles. The van der Waals surface area contributed by atoms with Crippen LogP contribution in [0.5, 0.6) is 0 Å². The number of nitrogens with one attached hydrogen (secondary N) is 1. The number of morpholine rings is 1. The van der Waals surface area contributed by atoms with E-state index in [0.717, 1.165) is 6.42 Å². The van der Waals surface area contributed by atoms with Gasteiger partial charge in [0.25, 0.3) is 0 Å². The number of rotatable bonds is 2. The highest BCUT2D eigenvalue weighted by molar-refractivity contribution is 5.78. The van der Waals surface area contributed by atoms with E-state index in [2.05, 4.69) is 17.4 Å². The SMILES string of the molecule is CC1(C)OCC(=O)N[C@@H]1Cc1ccccc1. The van der Waals surface area contributed by atoms with Gasteiger partial charge < -0.3 is 10.1 Å². The van der Waals surface area contributed by atoms with Crippen LogP contribution in [-0.4, -0.2) is 24.2 Å². The van der Waals surface area contributed by atoms with Crippen LogP contribution in [-0.2, 0) is 16.0 Å². The van der Waals surface area contributed by atoms with E-state index in [1.54, 1.807) is 0 Å². The van der Waals surface area contributed by atoms with Crippen molar-refractivity contribution in [3.05, 3.63) is 35.9 Å². The molecule has 1 fully saturated rings. The molecule has 0 bridgehead atoms. The maximum absolute atomic E-state index is 11.3. The largest absolute Gasteiger partial charge is 0.364 e. The normalized spacial score (nSPS) is 23.9. The minimum atomic E-state index is -0.302. The Morgan fingerprint density at radius 2 is 2.06 bits per heavy atom. The summed E-state index contributed by atoms with van der Waals surface area (Å²) in [4.78, 5) is 11.3. The van der Waals surface area contributed by atoms with Gasteiger partial charge in [-0.05, 0) is 25.8 Å². The average molecular weight is 219 g/mol. The molecule has 3 heteroatoms. The second kappa shape index (κ2) is 4.26. The van der Waals surface area contributed by atoms with E-state index < -0.39 is 0 Å². The van der Waals surface area contributed by atoms with Gasteiger partial charge in [-0.1, -0.05) is 30.3 Å². The van der Waals surface area contributed by atoms with Gasteiger partial charge in [-0.3, -0.25) is 4.79 Å². The highest BCUT2D eigenvalue weighted by Gasteiger charge is 2.36. The van der Waals surface area contributed by atoms with E-state index in [4.69, 9.17) is 4.74 Å². The number of benzene rings is 1. The van der Waals surface area contributed by atoms with Crippen LogP contribution in [0.2, 0.25) is 0 Å². The molecule has 1 atom stereocenters. The Bertz CT molecular complexity index is 373. The Kier molecular flexibility index (Phi) is 2.97. The number of hydrogen-bond donors (Lipinski definition) is 1. The molecule has 16 heavy (non-hydrogen) atoms. The molecule has 0 aliphatic carbocycles. The van der Waals surface area contributed by atoms with Crippen molar-refractivity contribution in [3.63, 3.8) is 0 Å². The van der Waals surface area contributed by atoms with Gasteiger partial charge in [0, 0.05) is 0 Å². The minimum Gasteiger partial charge on any atom is -0.364 e. The molecule has 1 heterocycles. The van der Waals surface area contributed by atoms with Gasteiger partial charge in [-0.15, -0.1) is 0 Å². The summed E-state index contributed by atoms with van der Waals surface area (Å²) >= 11 is 0. The van der Waals surface area contributed by atoms with E-state index in [1.165, 1.54) is 5.56 Å². The maximum Gasteiger partial charge on any atom is 0.246 e. The van der Waals surface area contributed by atoms with Crippen LogP contribution in [0.25, 0.3) is 0 Å². The molecule has 1 amide bonds. The lowest BCUT2D eigenvalue weighted by atomic mass is 9.91.